The van der Waals surface area contributed by atoms with Crippen molar-refractivity contribution < 1.29 is 23.4 Å². The molecule has 0 saturated carbocycles. The van der Waals surface area contributed by atoms with Crippen LogP contribution in [0.3, 0.4) is 0 Å². The highest BCUT2D eigenvalue weighted by Crippen LogP contribution is 2.40. The molecule has 3 aromatic carbocycles. The van der Waals surface area contributed by atoms with Crippen molar-refractivity contribution in [3.63, 3.8) is 0 Å². The number of fused-ring (bicyclic) bond motifs is 7. The van der Waals surface area contributed by atoms with Crippen LogP contribution in [0.4, 0.5) is 14.6 Å². The van der Waals surface area contributed by atoms with E-state index in [-0.39, 0.29) is 42.2 Å². The molecule has 2 bridgehead atoms. The van der Waals surface area contributed by atoms with Crippen LogP contribution in [0.5, 0.6) is 11.8 Å². The predicted octanol–water partition coefficient (Wildman–Crippen LogP) is 4.91. The van der Waals surface area contributed by atoms with Crippen LogP contribution in [0.1, 0.15) is 44.7 Å². The Morgan fingerprint density at radius 1 is 1.15 bits per heavy atom. The Balaban J connectivity index is 1.46. The van der Waals surface area contributed by atoms with Crippen LogP contribution in [-0.4, -0.2) is 72.8 Å². The minimum Gasteiger partial charge on any atom is -0.508 e. The summed E-state index contributed by atoms with van der Waals surface area (Å²) in [5.74, 6) is 0.775. The van der Waals surface area contributed by atoms with E-state index >= 15 is 4.39 Å². The molecule has 5 aliphatic heterocycles. The zero-order chi connectivity index (χ0) is 32.6. The van der Waals surface area contributed by atoms with Crippen LogP contribution in [0.2, 0.25) is 0 Å². The summed E-state index contributed by atoms with van der Waals surface area (Å²) in [4.78, 5) is 17.8. The molecule has 4 fully saturated rings. The van der Waals surface area contributed by atoms with Crippen LogP contribution in [-0.2, 0) is 11.2 Å². The van der Waals surface area contributed by atoms with Crippen molar-refractivity contribution in [2.45, 2.75) is 65.1 Å². The van der Waals surface area contributed by atoms with Gasteiger partial charge in [0.1, 0.15) is 30.7 Å². The van der Waals surface area contributed by atoms with E-state index in [1.165, 1.54) is 6.07 Å². The van der Waals surface area contributed by atoms with E-state index in [9.17, 15) is 9.50 Å². The van der Waals surface area contributed by atoms with Crippen molar-refractivity contribution in [1.82, 2.24) is 15.3 Å². The molecule has 47 heavy (non-hydrogen) atoms. The van der Waals surface area contributed by atoms with E-state index < -0.39 is 12.1 Å². The molecule has 2 N–H and O–H groups in total. The molecule has 9 rings (SSSR count). The first-order chi connectivity index (χ1) is 22.7. The number of ether oxygens (including phenoxy) is 2. The molecular formula is C37H41F2N5O3. The number of nitrogens with zero attached hydrogens (tertiary/aromatic N) is 4. The van der Waals surface area contributed by atoms with E-state index in [1.807, 2.05) is 13.8 Å². The Bertz CT molecular complexity index is 2040. The van der Waals surface area contributed by atoms with Gasteiger partial charge in [0.05, 0.1) is 40.9 Å². The Morgan fingerprint density at radius 2 is 1.98 bits per heavy atom. The fourth-order valence-electron chi connectivity index (χ4n) is 7.94. The Labute approximate surface area is 272 Å². The van der Waals surface area contributed by atoms with Gasteiger partial charge in [-0.2, -0.15) is 9.97 Å². The average molecular weight is 642 g/mol. The second-order valence-corrected chi connectivity index (χ2v) is 14.1. The predicted molar refractivity (Wildman–Crippen MR) is 179 cm³/mol. The lowest BCUT2D eigenvalue weighted by Crippen LogP contribution is -2.61. The van der Waals surface area contributed by atoms with Crippen LogP contribution >= 0.6 is 0 Å². The number of hydrogen-bond donors (Lipinski definition) is 2. The maximum atomic E-state index is 15.4. The number of aromatic nitrogens is 2. The summed E-state index contributed by atoms with van der Waals surface area (Å²) in [6.45, 7) is 10.1. The minimum absolute atomic E-state index is 0.00724. The van der Waals surface area contributed by atoms with Gasteiger partial charge >= 0.3 is 6.01 Å². The number of alkyl halides is 1. The number of nitrogens with one attached hydrogen (secondary N) is 1. The highest BCUT2D eigenvalue weighted by Gasteiger charge is 2.41. The lowest BCUT2D eigenvalue weighted by atomic mass is 9.86. The van der Waals surface area contributed by atoms with Crippen LogP contribution in [0, 0.1) is 24.1 Å². The van der Waals surface area contributed by atoms with E-state index in [0.29, 0.717) is 36.8 Å². The molecule has 4 unspecified atom stereocenters. The molecule has 6 heterocycles. The van der Waals surface area contributed by atoms with E-state index in [1.54, 1.807) is 18.2 Å². The first-order valence-corrected chi connectivity index (χ1v) is 16.8. The number of anilines is 1. The zero-order valence-corrected chi connectivity index (χ0v) is 27.4. The Morgan fingerprint density at radius 3 is 2.64 bits per heavy atom. The third-order valence-corrected chi connectivity index (χ3v) is 10.9. The standard InChI is InChI=1S/C37H41F2N5O3/c1-5-26-29(39)9-6-22-11-25(45)12-27(31(22)26)30-20(3)33-32(28-10-19(2)21(4)41-34(28)30)35(44-14-23-7-8-24(44)13-40-23)43-36(42-33)47-18-37(15-38)16-46-17-37/h6,9-12,19,21,23-24,40,45H,5,7-8,13-18H2,1-4H3. The highest BCUT2D eigenvalue weighted by atomic mass is 19.1. The van der Waals surface area contributed by atoms with E-state index in [2.05, 4.69) is 30.1 Å². The normalized spacial score (nSPS) is 24.5. The Hall–Kier alpha value is -3.89. The summed E-state index contributed by atoms with van der Waals surface area (Å²) in [7, 11) is 0. The SMILES string of the molecule is CCc1c(F)ccc2cc(O)cc(-c3c(C)c4nc(OCC5(CF)COC5)nc(N5CC6CCC5CN6)c4c4c3=NC(C)C(C)C=4)c12. The van der Waals surface area contributed by atoms with Crippen molar-refractivity contribution in [2.75, 3.05) is 44.5 Å². The van der Waals surface area contributed by atoms with Gasteiger partial charge in [0.2, 0.25) is 0 Å². The van der Waals surface area contributed by atoms with Crippen LogP contribution in [0.15, 0.2) is 29.3 Å². The summed E-state index contributed by atoms with van der Waals surface area (Å²) in [6, 6.07) is 7.44. The van der Waals surface area contributed by atoms with Crippen molar-refractivity contribution in [3.8, 4) is 22.9 Å². The summed E-state index contributed by atoms with van der Waals surface area (Å²) in [5.41, 5.74) is 2.99. The molecule has 0 spiro atoms. The van der Waals surface area contributed by atoms with Crippen molar-refractivity contribution in [2.24, 2.45) is 16.3 Å². The zero-order valence-electron chi connectivity index (χ0n) is 27.4. The minimum atomic E-state index is -0.692. The maximum Gasteiger partial charge on any atom is 0.318 e. The van der Waals surface area contributed by atoms with Gasteiger partial charge in [0, 0.05) is 36.0 Å². The number of hydrogen-bond acceptors (Lipinski definition) is 8. The second kappa shape index (κ2) is 11.4. The third-order valence-electron chi connectivity index (χ3n) is 10.9. The number of phenolic OH excluding ortho intramolecular Hbond substituents is 1. The fraction of sp³-hybridized carbons (Fsp3) is 0.486. The van der Waals surface area contributed by atoms with Crippen molar-refractivity contribution in [3.05, 3.63) is 51.8 Å². The second-order valence-electron chi connectivity index (χ2n) is 14.1. The molecule has 5 aliphatic rings. The number of aryl methyl sites for hydroxylation is 2. The maximum absolute atomic E-state index is 15.4. The molecular weight excluding hydrogens is 600 g/mol. The lowest BCUT2D eigenvalue weighted by Gasteiger charge is -2.47. The van der Waals surface area contributed by atoms with E-state index in [0.717, 1.165) is 75.2 Å². The first-order valence-electron chi connectivity index (χ1n) is 16.8. The number of benzene rings is 3. The van der Waals surface area contributed by atoms with Crippen LogP contribution in [0.25, 0.3) is 38.9 Å². The van der Waals surface area contributed by atoms with Gasteiger partial charge in [-0.15, -0.1) is 0 Å². The van der Waals surface area contributed by atoms with E-state index in [4.69, 9.17) is 24.4 Å². The monoisotopic (exact) mass is 641 g/mol. The van der Waals surface area contributed by atoms with Gasteiger partial charge in [0.25, 0.3) is 0 Å². The molecule has 0 aliphatic carbocycles. The summed E-state index contributed by atoms with van der Waals surface area (Å²) < 4.78 is 41.0. The molecule has 4 aromatic rings. The summed E-state index contributed by atoms with van der Waals surface area (Å²) in [6.07, 6.45) is 4.93. The molecule has 1 aromatic heterocycles. The number of piperidine rings is 2. The Kier molecular flexibility index (Phi) is 7.37. The van der Waals surface area contributed by atoms with Gasteiger partial charge in [-0.05, 0) is 84.7 Å². The molecule has 246 valence electrons. The van der Waals surface area contributed by atoms with Gasteiger partial charge in [-0.3, -0.25) is 9.38 Å². The number of rotatable bonds is 7. The molecule has 0 amide bonds. The van der Waals surface area contributed by atoms with Crippen LogP contribution < -0.4 is 25.5 Å². The number of halogens is 2. The molecule has 4 atom stereocenters. The highest BCUT2D eigenvalue weighted by molar-refractivity contribution is 6.04. The van der Waals surface area contributed by atoms with Gasteiger partial charge in [-0.25, -0.2) is 4.39 Å². The summed E-state index contributed by atoms with van der Waals surface area (Å²) in [5, 5.41) is 18.8. The smallest absolute Gasteiger partial charge is 0.318 e. The lowest BCUT2D eigenvalue weighted by molar-refractivity contribution is -0.142. The first kappa shape index (κ1) is 30.4. The average Bonchev–Trinajstić information content (AvgIpc) is 3.06. The van der Waals surface area contributed by atoms with Crippen molar-refractivity contribution >= 4 is 33.6 Å². The molecule has 4 saturated heterocycles. The van der Waals surface area contributed by atoms with Crippen molar-refractivity contribution in [1.29, 1.82) is 0 Å². The van der Waals surface area contributed by atoms with Gasteiger partial charge in [0.15, 0.2) is 0 Å². The largest absolute Gasteiger partial charge is 0.508 e. The molecule has 10 heteroatoms. The molecule has 8 nitrogen and oxygen atoms in total. The number of aromatic hydroxyl groups is 1. The van der Waals surface area contributed by atoms with Gasteiger partial charge < -0.3 is 24.8 Å². The quantitative estimate of drug-likeness (QED) is 0.297. The third kappa shape index (κ3) is 4.86. The number of phenols is 1. The topological polar surface area (TPSA) is 92.1 Å². The fourth-order valence-corrected chi connectivity index (χ4v) is 7.94. The summed E-state index contributed by atoms with van der Waals surface area (Å²) >= 11 is 0. The molecule has 0 radical (unpaired) electrons. The number of piperazine rings is 1. The van der Waals surface area contributed by atoms with Gasteiger partial charge in [-0.1, -0.05) is 26.0 Å².